The number of allylic oxidation sites excluding steroid dienone is 1. The van der Waals surface area contributed by atoms with Gasteiger partial charge >= 0.3 is 5.97 Å². The Hall–Kier alpha value is -2.23. The fourth-order valence-corrected chi connectivity index (χ4v) is 1.93. The first-order chi connectivity index (χ1) is 8.67. The maximum Gasteiger partial charge on any atom is 0.354 e. The lowest BCUT2D eigenvalue weighted by Gasteiger charge is -2.02. The number of phenolic OH excluding ortho intramolecular Hbond substituents is 1. The summed E-state index contributed by atoms with van der Waals surface area (Å²) in [7, 11) is 0. The summed E-state index contributed by atoms with van der Waals surface area (Å²) < 4.78 is 4.93. The van der Waals surface area contributed by atoms with Gasteiger partial charge in [-0.1, -0.05) is 6.08 Å². The number of aromatic amines is 1. The van der Waals surface area contributed by atoms with Gasteiger partial charge in [0.1, 0.15) is 11.4 Å². The lowest BCUT2D eigenvalue weighted by molar-refractivity contribution is 0.0520. The maximum atomic E-state index is 11.6. The molecule has 0 radical (unpaired) electrons. The molecule has 0 spiro atoms. The minimum Gasteiger partial charge on any atom is -0.508 e. The van der Waals surface area contributed by atoms with Gasteiger partial charge in [-0.05, 0) is 31.5 Å². The monoisotopic (exact) mass is 245 g/mol. The Balaban J connectivity index is 2.53. The minimum absolute atomic E-state index is 0.205. The van der Waals surface area contributed by atoms with Crippen LogP contribution in [0, 0.1) is 0 Å². The highest BCUT2D eigenvalue weighted by Crippen LogP contribution is 2.28. The standard InChI is InChI=1S/C14H15NO3/c1-3-5-9-10-8-12(14(17)18-4-2)15-11(10)6-7-13(9)16/h3,6-8,15-16H,1,4-5H2,2H3. The zero-order chi connectivity index (χ0) is 13.1. The first-order valence-corrected chi connectivity index (χ1v) is 5.79. The number of H-pyrrole nitrogens is 1. The molecule has 0 saturated heterocycles. The second kappa shape index (κ2) is 4.96. The van der Waals surface area contributed by atoms with Crippen LogP contribution in [-0.4, -0.2) is 22.7 Å². The molecule has 18 heavy (non-hydrogen) atoms. The molecule has 1 aromatic carbocycles. The molecule has 0 aliphatic carbocycles. The van der Waals surface area contributed by atoms with Crippen molar-refractivity contribution in [2.24, 2.45) is 0 Å². The number of ether oxygens (including phenoxy) is 1. The van der Waals surface area contributed by atoms with Gasteiger partial charge in [0, 0.05) is 16.5 Å². The van der Waals surface area contributed by atoms with Crippen LogP contribution in [0.2, 0.25) is 0 Å². The van der Waals surface area contributed by atoms with Crippen molar-refractivity contribution >= 4 is 16.9 Å². The van der Waals surface area contributed by atoms with E-state index in [1.807, 2.05) is 0 Å². The summed E-state index contributed by atoms with van der Waals surface area (Å²) in [4.78, 5) is 14.6. The fourth-order valence-electron chi connectivity index (χ4n) is 1.93. The topological polar surface area (TPSA) is 62.3 Å². The molecule has 1 heterocycles. The molecule has 0 saturated carbocycles. The number of rotatable bonds is 4. The normalized spacial score (nSPS) is 10.5. The summed E-state index contributed by atoms with van der Waals surface area (Å²) >= 11 is 0. The van der Waals surface area contributed by atoms with E-state index in [0.717, 1.165) is 16.5 Å². The molecule has 0 unspecified atom stereocenters. The van der Waals surface area contributed by atoms with Crippen LogP contribution in [0.3, 0.4) is 0 Å². The fraction of sp³-hybridized carbons (Fsp3) is 0.214. The van der Waals surface area contributed by atoms with E-state index in [0.29, 0.717) is 18.7 Å². The van der Waals surface area contributed by atoms with Crippen LogP contribution in [0.1, 0.15) is 23.0 Å². The van der Waals surface area contributed by atoms with E-state index < -0.39 is 5.97 Å². The molecule has 2 rings (SSSR count). The lowest BCUT2D eigenvalue weighted by Crippen LogP contribution is -2.04. The Morgan fingerprint density at radius 2 is 2.33 bits per heavy atom. The molecule has 94 valence electrons. The van der Waals surface area contributed by atoms with Crippen molar-refractivity contribution in [3.05, 3.63) is 42.1 Å². The highest BCUT2D eigenvalue weighted by atomic mass is 16.5. The molecular weight excluding hydrogens is 230 g/mol. The van der Waals surface area contributed by atoms with Crippen molar-refractivity contribution in [1.82, 2.24) is 4.98 Å². The van der Waals surface area contributed by atoms with Crippen LogP contribution in [0.15, 0.2) is 30.9 Å². The number of aromatic hydroxyl groups is 1. The van der Waals surface area contributed by atoms with E-state index in [2.05, 4.69) is 11.6 Å². The summed E-state index contributed by atoms with van der Waals surface area (Å²) in [6, 6.07) is 5.04. The van der Waals surface area contributed by atoms with Crippen molar-refractivity contribution in [1.29, 1.82) is 0 Å². The number of phenols is 1. The van der Waals surface area contributed by atoms with Gasteiger partial charge in [-0.2, -0.15) is 0 Å². The third-order valence-electron chi connectivity index (χ3n) is 2.73. The lowest BCUT2D eigenvalue weighted by atomic mass is 10.1. The van der Waals surface area contributed by atoms with Gasteiger partial charge in [0.15, 0.2) is 0 Å². The van der Waals surface area contributed by atoms with Crippen LogP contribution in [0.5, 0.6) is 5.75 Å². The zero-order valence-electron chi connectivity index (χ0n) is 10.2. The van der Waals surface area contributed by atoms with Gasteiger partial charge in [0.05, 0.1) is 6.61 Å². The molecule has 0 aliphatic rings. The molecule has 0 amide bonds. The molecule has 0 aliphatic heterocycles. The van der Waals surface area contributed by atoms with Gasteiger partial charge in [-0.25, -0.2) is 4.79 Å². The first kappa shape index (κ1) is 12.2. The quantitative estimate of drug-likeness (QED) is 0.643. The summed E-state index contributed by atoms with van der Waals surface area (Å²) in [5.74, 6) is -0.186. The van der Waals surface area contributed by atoms with Crippen molar-refractivity contribution < 1.29 is 14.6 Å². The molecule has 4 nitrogen and oxygen atoms in total. The van der Waals surface area contributed by atoms with Crippen LogP contribution in [0.4, 0.5) is 0 Å². The largest absolute Gasteiger partial charge is 0.508 e. The number of benzene rings is 1. The van der Waals surface area contributed by atoms with Crippen molar-refractivity contribution in [2.75, 3.05) is 6.61 Å². The average molecular weight is 245 g/mol. The molecule has 0 atom stereocenters. The molecule has 4 heteroatoms. The Kier molecular flexibility index (Phi) is 3.37. The number of aromatic nitrogens is 1. The summed E-state index contributed by atoms with van der Waals surface area (Å²) in [5.41, 5.74) is 1.95. The first-order valence-electron chi connectivity index (χ1n) is 5.79. The zero-order valence-corrected chi connectivity index (χ0v) is 10.2. The van der Waals surface area contributed by atoms with Crippen LogP contribution in [0.25, 0.3) is 10.9 Å². The number of fused-ring (bicyclic) bond motifs is 1. The molecule has 0 bridgehead atoms. The number of carbonyl (C=O) groups is 1. The van der Waals surface area contributed by atoms with E-state index in [4.69, 9.17) is 4.74 Å². The van der Waals surface area contributed by atoms with Crippen molar-refractivity contribution in [2.45, 2.75) is 13.3 Å². The smallest absolute Gasteiger partial charge is 0.354 e. The molecular formula is C14H15NO3. The average Bonchev–Trinajstić information content (AvgIpc) is 2.77. The number of hydrogen-bond donors (Lipinski definition) is 2. The second-order valence-corrected chi connectivity index (χ2v) is 3.92. The van der Waals surface area contributed by atoms with Gasteiger partial charge in [-0.3, -0.25) is 0 Å². The number of nitrogens with one attached hydrogen (secondary N) is 1. The molecule has 1 aromatic heterocycles. The number of esters is 1. The Bertz CT molecular complexity index is 598. The predicted octanol–water partition coefficient (Wildman–Crippen LogP) is 2.78. The highest BCUT2D eigenvalue weighted by molar-refractivity contribution is 5.96. The molecule has 2 N–H and O–H groups in total. The number of hydrogen-bond acceptors (Lipinski definition) is 3. The van der Waals surface area contributed by atoms with E-state index in [1.165, 1.54) is 0 Å². The third-order valence-corrected chi connectivity index (χ3v) is 2.73. The predicted molar refractivity (Wildman–Crippen MR) is 69.8 cm³/mol. The van der Waals surface area contributed by atoms with E-state index in [9.17, 15) is 9.90 Å². The summed E-state index contributed by atoms with van der Waals surface area (Å²) in [6.07, 6.45) is 2.26. The molecule has 2 aromatic rings. The van der Waals surface area contributed by atoms with Crippen molar-refractivity contribution in [3.8, 4) is 5.75 Å². The Morgan fingerprint density at radius 1 is 1.56 bits per heavy atom. The maximum absolute atomic E-state index is 11.6. The van der Waals surface area contributed by atoms with Gasteiger partial charge in [0.2, 0.25) is 0 Å². The van der Waals surface area contributed by atoms with Gasteiger partial charge < -0.3 is 14.8 Å². The second-order valence-electron chi connectivity index (χ2n) is 3.92. The van der Waals surface area contributed by atoms with Crippen molar-refractivity contribution in [3.63, 3.8) is 0 Å². The number of carbonyl (C=O) groups excluding carboxylic acids is 1. The SMILES string of the molecule is C=CCc1c(O)ccc2[nH]c(C(=O)OCC)cc12. The van der Waals surface area contributed by atoms with E-state index >= 15 is 0 Å². The molecule has 0 fully saturated rings. The van der Waals surface area contributed by atoms with Gasteiger partial charge in [0.25, 0.3) is 0 Å². The Morgan fingerprint density at radius 3 is 3.00 bits per heavy atom. The van der Waals surface area contributed by atoms with E-state index in [1.54, 1.807) is 31.2 Å². The Labute approximate surface area is 105 Å². The van der Waals surface area contributed by atoms with Crippen LogP contribution >= 0.6 is 0 Å². The third kappa shape index (κ3) is 2.09. The van der Waals surface area contributed by atoms with E-state index in [-0.39, 0.29) is 5.75 Å². The minimum atomic E-state index is -0.391. The van der Waals surface area contributed by atoms with Crippen LogP contribution < -0.4 is 0 Å². The highest BCUT2D eigenvalue weighted by Gasteiger charge is 2.13. The van der Waals surface area contributed by atoms with Crippen LogP contribution in [-0.2, 0) is 11.2 Å². The summed E-state index contributed by atoms with van der Waals surface area (Å²) in [5, 5.41) is 10.6. The summed E-state index contributed by atoms with van der Waals surface area (Å²) in [6.45, 7) is 5.75. The van der Waals surface area contributed by atoms with Gasteiger partial charge in [-0.15, -0.1) is 6.58 Å².